The second-order valence-electron chi connectivity index (χ2n) is 5.17. The van der Waals surface area contributed by atoms with E-state index in [0.717, 1.165) is 5.56 Å². The van der Waals surface area contributed by atoms with Crippen molar-refractivity contribution < 1.29 is 13.6 Å². The lowest BCUT2D eigenvalue weighted by Gasteiger charge is -2.33. The molecule has 1 aliphatic carbocycles. The zero-order valence-corrected chi connectivity index (χ0v) is 11.5. The summed E-state index contributed by atoms with van der Waals surface area (Å²) in [5, 5.41) is 0. The molecule has 0 aromatic heterocycles. The molecule has 0 saturated heterocycles. The lowest BCUT2D eigenvalue weighted by Crippen LogP contribution is -2.26. The molecule has 0 bridgehead atoms. The van der Waals surface area contributed by atoms with Gasteiger partial charge in [0, 0.05) is 12.3 Å². The molecule has 2 rings (SSSR count). The van der Waals surface area contributed by atoms with Crippen LogP contribution in [-0.4, -0.2) is 6.29 Å². The Labute approximate surface area is 118 Å². The summed E-state index contributed by atoms with van der Waals surface area (Å²) >= 11 is 0. The maximum atomic E-state index is 14.5. The quantitative estimate of drug-likeness (QED) is 0.701. The highest BCUT2D eigenvalue weighted by Crippen LogP contribution is 2.49. The normalized spacial score (nSPS) is 25.9. The first-order chi connectivity index (χ1) is 9.64. The van der Waals surface area contributed by atoms with Crippen molar-refractivity contribution in [2.75, 3.05) is 0 Å². The van der Waals surface area contributed by atoms with E-state index in [-0.39, 0.29) is 6.42 Å². The Kier molecular flexibility index (Phi) is 4.48. The fraction of sp³-hybridized carbons (Fsp3) is 0.353. The van der Waals surface area contributed by atoms with Gasteiger partial charge in [0.05, 0.1) is 5.41 Å². The van der Waals surface area contributed by atoms with Crippen LogP contribution in [0, 0.1) is 5.41 Å². The van der Waals surface area contributed by atoms with Crippen LogP contribution >= 0.6 is 0 Å². The molecule has 0 fully saturated rings. The van der Waals surface area contributed by atoms with Crippen LogP contribution in [0.2, 0.25) is 0 Å². The van der Waals surface area contributed by atoms with Crippen LogP contribution in [0.1, 0.15) is 37.7 Å². The second-order valence-corrected chi connectivity index (χ2v) is 5.17. The highest BCUT2D eigenvalue weighted by atomic mass is 19.1. The maximum absolute atomic E-state index is 14.5. The average molecular weight is 276 g/mol. The Morgan fingerprint density at radius 3 is 2.25 bits per heavy atom. The molecular weight excluding hydrogens is 258 g/mol. The number of allylic oxidation sites excluding steroid dienone is 4. The molecule has 0 heterocycles. The summed E-state index contributed by atoms with van der Waals surface area (Å²) in [6.45, 7) is 1.86. The van der Waals surface area contributed by atoms with E-state index in [4.69, 9.17) is 0 Å². The van der Waals surface area contributed by atoms with Gasteiger partial charge >= 0.3 is 0 Å². The van der Waals surface area contributed by atoms with Gasteiger partial charge < -0.3 is 4.79 Å². The smallest absolute Gasteiger partial charge is 0.121 e. The third kappa shape index (κ3) is 2.58. The minimum absolute atomic E-state index is 0.146. The SMILES string of the molecule is CCCC1(CC=O)C(F)=CC(c2ccccc2)C=C1F. The third-order valence-corrected chi connectivity index (χ3v) is 3.86. The summed E-state index contributed by atoms with van der Waals surface area (Å²) in [4.78, 5) is 10.8. The molecule has 3 heteroatoms. The molecule has 0 atom stereocenters. The topological polar surface area (TPSA) is 17.1 Å². The number of benzene rings is 1. The van der Waals surface area contributed by atoms with Gasteiger partial charge in [-0.1, -0.05) is 43.7 Å². The monoisotopic (exact) mass is 276 g/mol. The summed E-state index contributed by atoms with van der Waals surface area (Å²) in [6.07, 6.45) is 4.23. The van der Waals surface area contributed by atoms with Gasteiger partial charge in [0.15, 0.2) is 0 Å². The van der Waals surface area contributed by atoms with Crippen LogP contribution in [0.15, 0.2) is 54.1 Å². The Morgan fingerprint density at radius 2 is 1.75 bits per heavy atom. The van der Waals surface area contributed by atoms with Crippen molar-refractivity contribution in [3.63, 3.8) is 0 Å². The van der Waals surface area contributed by atoms with Gasteiger partial charge in [0.25, 0.3) is 0 Å². The van der Waals surface area contributed by atoms with E-state index in [1.807, 2.05) is 37.3 Å². The molecule has 1 aromatic rings. The van der Waals surface area contributed by atoms with Crippen molar-refractivity contribution in [3.8, 4) is 0 Å². The van der Waals surface area contributed by atoms with Crippen LogP contribution in [-0.2, 0) is 4.79 Å². The average Bonchev–Trinajstić information content (AvgIpc) is 2.45. The zero-order valence-electron chi connectivity index (χ0n) is 11.5. The molecular formula is C17H18F2O. The number of carbonyl (C=O) groups is 1. The standard InChI is InChI=1S/C17H18F2O/c1-2-8-17(9-10-20)15(18)11-14(12-16(17)19)13-6-4-3-5-7-13/h3-7,10-12,14H,2,8-9H2,1H3. The van der Waals surface area contributed by atoms with E-state index in [0.29, 0.717) is 19.1 Å². The minimum atomic E-state index is -1.37. The number of hydrogen-bond donors (Lipinski definition) is 0. The zero-order chi connectivity index (χ0) is 14.6. The molecule has 1 aromatic carbocycles. The summed E-state index contributed by atoms with van der Waals surface area (Å²) in [5.74, 6) is -1.46. The first-order valence-electron chi connectivity index (χ1n) is 6.88. The molecule has 1 aliphatic rings. The highest BCUT2D eigenvalue weighted by molar-refractivity contribution is 5.55. The molecule has 0 amide bonds. The first-order valence-corrected chi connectivity index (χ1v) is 6.88. The summed E-state index contributed by atoms with van der Waals surface area (Å²) in [5.41, 5.74) is -0.532. The van der Waals surface area contributed by atoms with E-state index in [9.17, 15) is 13.6 Å². The van der Waals surface area contributed by atoms with E-state index < -0.39 is 23.0 Å². The van der Waals surface area contributed by atoms with Crippen LogP contribution in [0.25, 0.3) is 0 Å². The van der Waals surface area contributed by atoms with Gasteiger partial charge in [-0.25, -0.2) is 8.78 Å². The van der Waals surface area contributed by atoms with Crippen molar-refractivity contribution in [1.29, 1.82) is 0 Å². The van der Waals surface area contributed by atoms with E-state index in [1.54, 1.807) is 0 Å². The Morgan fingerprint density at radius 1 is 1.15 bits per heavy atom. The molecule has 0 aliphatic heterocycles. The van der Waals surface area contributed by atoms with Crippen molar-refractivity contribution in [3.05, 3.63) is 59.7 Å². The van der Waals surface area contributed by atoms with Crippen LogP contribution in [0.4, 0.5) is 8.78 Å². The van der Waals surface area contributed by atoms with E-state index in [2.05, 4.69) is 0 Å². The molecule has 1 nitrogen and oxygen atoms in total. The minimum Gasteiger partial charge on any atom is -0.303 e. The van der Waals surface area contributed by atoms with Gasteiger partial charge in [-0.2, -0.15) is 0 Å². The molecule has 0 radical (unpaired) electrons. The third-order valence-electron chi connectivity index (χ3n) is 3.86. The van der Waals surface area contributed by atoms with E-state index in [1.165, 1.54) is 12.2 Å². The number of hydrogen-bond acceptors (Lipinski definition) is 1. The van der Waals surface area contributed by atoms with Crippen LogP contribution in [0.3, 0.4) is 0 Å². The van der Waals surface area contributed by atoms with Crippen LogP contribution < -0.4 is 0 Å². The first kappa shape index (κ1) is 14.6. The van der Waals surface area contributed by atoms with Gasteiger partial charge in [0.2, 0.25) is 0 Å². The molecule has 0 unspecified atom stereocenters. The number of halogens is 2. The molecule has 20 heavy (non-hydrogen) atoms. The number of aldehydes is 1. The molecule has 0 N–H and O–H groups in total. The fourth-order valence-corrected chi connectivity index (χ4v) is 2.77. The second kappa shape index (κ2) is 6.12. The highest BCUT2D eigenvalue weighted by Gasteiger charge is 2.42. The summed E-state index contributed by atoms with van der Waals surface area (Å²) in [6, 6.07) is 9.22. The summed E-state index contributed by atoms with van der Waals surface area (Å²) < 4.78 is 29.0. The van der Waals surface area contributed by atoms with Crippen molar-refractivity contribution >= 4 is 6.29 Å². The maximum Gasteiger partial charge on any atom is 0.121 e. The Balaban J connectivity index is 2.39. The van der Waals surface area contributed by atoms with Crippen LogP contribution in [0.5, 0.6) is 0 Å². The fourth-order valence-electron chi connectivity index (χ4n) is 2.77. The molecule has 0 spiro atoms. The largest absolute Gasteiger partial charge is 0.303 e. The van der Waals surface area contributed by atoms with Gasteiger partial charge in [-0.15, -0.1) is 0 Å². The van der Waals surface area contributed by atoms with Gasteiger partial charge in [-0.05, 0) is 24.1 Å². The lowest BCUT2D eigenvalue weighted by molar-refractivity contribution is -0.109. The predicted molar refractivity (Wildman–Crippen MR) is 75.6 cm³/mol. The summed E-state index contributed by atoms with van der Waals surface area (Å²) in [7, 11) is 0. The molecule has 0 saturated carbocycles. The number of rotatable bonds is 5. The Bertz CT molecular complexity index is 511. The van der Waals surface area contributed by atoms with Crippen molar-refractivity contribution in [2.45, 2.75) is 32.1 Å². The van der Waals surface area contributed by atoms with Gasteiger partial charge in [0.1, 0.15) is 17.9 Å². The molecule has 106 valence electrons. The van der Waals surface area contributed by atoms with Gasteiger partial charge in [-0.3, -0.25) is 0 Å². The predicted octanol–water partition coefficient (Wildman–Crippen LogP) is 4.87. The number of carbonyl (C=O) groups excluding carboxylic acids is 1. The van der Waals surface area contributed by atoms with Crippen molar-refractivity contribution in [1.82, 2.24) is 0 Å². The Hall–Kier alpha value is -1.77. The lowest BCUT2D eigenvalue weighted by atomic mass is 9.73. The van der Waals surface area contributed by atoms with Crippen molar-refractivity contribution in [2.24, 2.45) is 5.41 Å². The van der Waals surface area contributed by atoms with E-state index >= 15 is 0 Å².